The summed E-state index contributed by atoms with van der Waals surface area (Å²) in [4.78, 5) is 12.5. The summed E-state index contributed by atoms with van der Waals surface area (Å²) in [6.45, 7) is 0. The highest BCUT2D eigenvalue weighted by Gasteiger charge is 2.21. The van der Waals surface area contributed by atoms with Crippen molar-refractivity contribution >= 4 is 39.0 Å². The number of benzene rings is 2. The molecule has 0 aliphatic heterocycles. The molecule has 2 rings (SSSR count). The van der Waals surface area contributed by atoms with Gasteiger partial charge < -0.3 is 10.5 Å². The molecule has 0 radical (unpaired) electrons. The van der Waals surface area contributed by atoms with Gasteiger partial charge in [-0.1, -0.05) is 17.7 Å². The number of halogens is 3. The van der Waals surface area contributed by atoms with E-state index in [0.717, 1.165) is 6.07 Å². The Morgan fingerprint density at radius 1 is 1.40 bits per heavy atom. The van der Waals surface area contributed by atoms with Crippen LogP contribution in [0.2, 0.25) is 5.02 Å². The lowest BCUT2D eigenvalue weighted by Gasteiger charge is -2.11. The van der Waals surface area contributed by atoms with Gasteiger partial charge in [-0.05, 0) is 34.1 Å². The molecule has 0 aliphatic carbocycles. The maximum Gasteiger partial charge on any atom is 0.200 e. The first-order valence-corrected chi connectivity index (χ1v) is 6.74. The van der Waals surface area contributed by atoms with E-state index in [9.17, 15) is 9.18 Å². The van der Waals surface area contributed by atoms with Crippen molar-refractivity contribution in [2.45, 2.75) is 0 Å². The van der Waals surface area contributed by atoms with Crippen molar-refractivity contribution < 1.29 is 13.9 Å². The molecule has 0 aromatic heterocycles. The third-order valence-electron chi connectivity index (χ3n) is 2.76. The SMILES string of the molecule is COc1cc(F)c(Br)cc1C(=O)c1c(N)cccc1Cl. The van der Waals surface area contributed by atoms with Gasteiger partial charge in [-0.25, -0.2) is 4.39 Å². The highest BCUT2D eigenvalue weighted by atomic mass is 79.9. The minimum Gasteiger partial charge on any atom is -0.496 e. The molecule has 2 aromatic rings. The largest absolute Gasteiger partial charge is 0.496 e. The number of rotatable bonds is 3. The molecule has 6 heteroatoms. The van der Waals surface area contributed by atoms with Gasteiger partial charge in [-0.2, -0.15) is 0 Å². The minimum absolute atomic E-state index is 0.120. The predicted octanol–water partition coefficient (Wildman–Crippen LogP) is 4.06. The number of hydrogen-bond acceptors (Lipinski definition) is 3. The van der Waals surface area contributed by atoms with Gasteiger partial charge in [0.1, 0.15) is 11.6 Å². The zero-order valence-electron chi connectivity index (χ0n) is 10.4. The Labute approximate surface area is 128 Å². The Hall–Kier alpha value is -1.59. The molecule has 20 heavy (non-hydrogen) atoms. The standard InChI is InChI=1S/C14H10BrClFNO2/c1-20-12-6-10(17)8(15)5-7(12)14(19)13-9(16)3-2-4-11(13)18/h2-6H,18H2,1H3. The topological polar surface area (TPSA) is 52.3 Å². The smallest absolute Gasteiger partial charge is 0.200 e. The maximum absolute atomic E-state index is 13.5. The summed E-state index contributed by atoms with van der Waals surface area (Å²) in [5.41, 5.74) is 6.40. The molecule has 104 valence electrons. The summed E-state index contributed by atoms with van der Waals surface area (Å²) in [5, 5.41) is 0.234. The van der Waals surface area contributed by atoms with E-state index in [2.05, 4.69) is 15.9 Å². The van der Waals surface area contributed by atoms with Crippen LogP contribution in [0.3, 0.4) is 0 Å². The van der Waals surface area contributed by atoms with Gasteiger partial charge >= 0.3 is 0 Å². The first-order chi connectivity index (χ1) is 9.45. The number of nitrogens with two attached hydrogens (primary N) is 1. The molecular weight excluding hydrogens is 349 g/mol. The molecule has 0 saturated heterocycles. The Bertz CT molecular complexity index is 671. The Kier molecular flexibility index (Phi) is 4.30. The summed E-state index contributed by atoms with van der Waals surface area (Å²) in [6.07, 6.45) is 0. The average molecular weight is 359 g/mol. The van der Waals surface area contributed by atoms with Gasteiger partial charge in [0.25, 0.3) is 0 Å². The van der Waals surface area contributed by atoms with Crippen molar-refractivity contribution in [1.82, 2.24) is 0 Å². The second-order valence-electron chi connectivity index (χ2n) is 4.00. The number of nitrogen functional groups attached to an aromatic ring is 1. The van der Waals surface area contributed by atoms with Crippen molar-refractivity contribution in [3.05, 3.63) is 56.8 Å². The van der Waals surface area contributed by atoms with Crippen molar-refractivity contribution in [1.29, 1.82) is 0 Å². The zero-order valence-corrected chi connectivity index (χ0v) is 12.8. The molecule has 2 aromatic carbocycles. The van der Waals surface area contributed by atoms with Gasteiger partial charge in [-0.3, -0.25) is 4.79 Å². The van der Waals surface area contributed by atoms with E-state index in [-0.39, 0.29) is 32.1 Å². The Balaban J connectivity index is 2.62. The van der Waals surface area contributed by atoms with E-state index in [1.807, 2.05) is 0 Å². The molecule has 2 N–H and O–H groups in total. The molecular formula is C14H10BrClFNO2. The third-order valence-corrected chi connectivity index (χ3v) is 3.68. The molecule has 3 nitrogen and oxygen atoms in total. The summed E-state index contributed by atoms with van der Waals surface area (Å²) >= 11 is 9.05. The van der Waals surface area contributed by atoms with E-state index in [0.29, 0.717) is 0 Å². The normalized spacial score (nSPS) is 10.4. The van der Waals surface area contributed by atoms with Crippen LogP contribution < -0.4 is 10.5 Å². The van der Waals surface area contributed by atoms with Crippen LogP contribution in [-0.4, -0.2) is 12.9 Å². The van der Waals surface area contributed by atoms with Crippen LogP contribution in [0, 0.1) is 5.82 Å². The van der Waals surface area contributed by atoms with Crippen LogP contribution in [0.15, 0.2) is 34.8 Å². The minimum atomic E-state index is -0.523. The van der Waals surface area contributed by atoms with Crippen LogP contribution in [0.4, 0.5) is 10.1 Å². The first-order valence-electron chi connectivity index (χ1n) is 5.57. The number of hydrogen-bond donors (Lipinski definition) is 1. The molecule has 0 saturated carbocycles. The Morgan fingerprint density at radius 3 is 2.70 bits per heavy atom. The lowest BCUT2D eigenvalue weighted by molar-refractivity contribution is 0.103. The van der Waals surface area contributed by atoms with Crippen molar-refractivity contribution in [2.24, 2.45) is 0 Å². The van der Waals surface area contributed by atoms with E-state index < -0.39 is 11.6 Å². The monoisotopic (exact) mass is 357 g/mol. The first kappa shape index (κ1) is 14.8. The predicted molar refractivity (Wildman–Crippen MR) is 79.9 cm³/mol. The van der Waals surface area contributed by atoms with E-state index >= 15 is 0 Å². The highest BCUT2D eigenvalue weighted by Crippen LogP contribution is 2.32. The number of anilines is 1. The van der Waals surface area contributed by atoms with Gasteiger partial charge in [0, 0.05) is 11.8 Å². The molecule has 0 amide bonds. The molecule has 0 unspecified atom stereocenters. The fourth-order valence-electron chi connectivity index (χ4n) is 1.79. The van der Waals surface area contributed by atoms with Gasteiger partial charge in [0.2, 0.25) is 0 Å². The van der Waals surface area contributed by atoms with Crippen molar-refractivity contribution in [2.75, 3.05) is 12.8 Å². The number of ether oxygens (including phenoxy) is 1. The van der Waals surface area contributed by atoms with Gasteiger partial charge in [0.05, 0.1) is 27.7 Å². The maximum atomic E-state index is 13.5. The van der Waals surface area contributed by atoms with Crippen LogP contribution in [0.5, 0.6) is 5.75 Å². The fourth-order valence-corrected chi connectivity index (χ4v) is 2.40. The number of carbonyl (C=O) groups is 1. The van der Waals surface area contributed by atoms with Crippen LogP contribution in [-0.2, 0) is 0 Å². The zero-order chi connectivity index (χ0) is 14.9. The summed E-state index contributed by atoms with van der Waals surface area (Å²) < 4.78 is 18.7. The average Bonchev–Trinajstić information content (AvgIpc) is 2.41. The van der Waals surface area contributed by atoms with E-state index in [1.54, 1.807) is 18.2 Å². The lowest BCUT2D eigenvalue weighted by Crippen LogP contribution is -2.08. The van der Waals surface area contributed by atoms with E-state index in [1.165, 1.54) is 13.2 Å². The fraction of sp³-hybridized carbons (Fsp3) is 0.0714. The number of carbonyl (C=O) groups excluding carboxylic acids is 1. The summed E-state index contributed by atoms with van der Waals surface area (Å²) in [5.74, 6) is -0.828. The third kappa shape index (κ3) is 2.64. The molecule has 0 atom stereocenters. The van der Waals surface area contributed by atoms with Gasteiger partial charge in [0.15, 0.2) is 5.78 Å². The molecule has 0 spiro atoms. The summed E-state index contributed by atoms with van der Waals surface area (Å²) in [6, 6.07) is 7.26. The van der Waals surface area contributed by atoms with Crippen molar-refractivity contribution in [3.8, 4) is 5.75 Å². The van der Waals surface area contributed by atoms with Crippen LogP contribution in [0.25, 0.3) is 0 Å². The van der Waals surface area contributed by atoms with Crippen LogP contribution in [0.1, 0.15) is 15.9 Å². The van der Waals surface area contributed by atoms with Gasteiger partial charge in [-0.15, -0.1) is 0 Å². The van der Waals surface area contributed by atoms with Crippen molar-refractivity contribution in [3.63, 3.8) is 0 Å². The molecule has 0 bridgehead atoms. The molecule has 0 aliphatic rings. The second kappa shape index (κ2) is 5.81. The number of methoxy groups -OCH3 is 1. The summed E-state index contributed by atoms with van der Waals surface area (Å²) in [7, 11) is 1.36. The molecule has 0 heterocycles. The Morgan fingerprint density at radius 2 is 2.10 bits per heavy atom. The second-order valence-corrected chi connectivity index (χ2v) is 5.26. The van der Waals surface area contributed by atoms with E-state index in [4.69, 9.17) is 22.1 Å². The lowest BCUT2D eigenvalue weighted by atomic mass is 10.0. The molecule has 0 fully saturated rings. The quantitative estimate of drug-likeness (QED) is 0.665. The number of ketones is 1. The highest BCUT2D eigenvalue weighted by molar-refractivity contribution is 9.10. The van der Waals surface area contributed by atoms with Crippen LogP contribution >= 0.6 is 27.5 Å².